The number of nitrogens with one attached hydrogen (secondary N) is 2. The minimum absolute atomic E-state index is 0.169. The SMILES string of the molecule is CCCNC(=O)c1cc(NC(=O)[C@H](Cl)c2ccccc2)ccc1N(C)C. The van der Waals surface area contributed by atoms with E-state index in [4.69, 9.17) is 11.6 Å². The largest absolute Gasteiger partial charge is 0.377 e. The normalized spacial score (nSPS) is 11.5. The van der Waals surface area contributed by atoms with E-state index in [9.17, 15) is 9.59 Å². The van der Waals surface area contributed by atoms with Crippen LogP contribution in [0.3, 0.4) is 0 Å². The molecule has 0 aliphatic carbocycles. The molecule has 26 heavy (non-hydrogen) atoms. The van der Waals surface area contributed by atoms with Crippen LogP contribution in [0.15, 0.2) is 48.5 Å². The summed E-state index contributed by atoms with van der Waals surface area (Å²) in [7, 11) is 3.74. The predicted octanol–water partition coefficient (Wildman–Crippen LogP) is 3.81. The highest BCUT2D eigenvalue weighted by molar-refractivity contribution is 6.32. The summed E-state index contributed by atoms with van der Waals surface area (Å²) in [4.78, 5) is 26.7. The van der Waals surface area contributed by atoms with Crippen LogP contribution in [-0.2, 0) is 4.79 Å². The molecule has 0 unspecified atom stereocenters. The van der Waals surface area contributed by atoms with Gasteiger partial charge in [-0.1, -0.05) is 37.3 Å². The zero-order valence-electron chi connectivity index (χ0n) is 15.3. The Labute approximate surface area is 159 Å². The molecule has 138 valence electrons. The van der Waals surface area contributed by atoms with Crippen LogP contribution < -0.4 is 15.5 Å². The summed E-state index contributed by atoms with van der Waals surface area (Å²) in [6, 6.07) is 14.4. The third-order valence-corrected chi connectivity index (χ3v) is 4.30. The Bertz CT molecular complexity index is 763. The average Bonchev–Trinajstić information content (AvgIpc) is 2.65. The molecule has 1 atom stereocenters. The van der Waals surface area contributed by atoms with E-state index in [0.29, 0.717) is 17.8 Å². The number of nitrogens with zero attached hydrogens (tertiary/aromatic N) is 1. The van der Waals surface area contributed by atoms with Crippen molar-refractivity contribution in [1.29, 1.82) is 0 Å². The first-order valence-corrected chi connectivity index (χ1v) is 8.97. The molecule has 2 rings (SSSR count). The molecule has 2 amide bonds. The van der Waals surface area contributed by atoms with E-state index in [1.54, 1.807) is 24.3 Å². The average molecular weight is 374 g/mol. The number of hydrogen-bond acceptors (Lipinski definition) is 3. The Morgan fingerprint density at radius 3 is 2.42 bits per heavy atom. The molecule has 0 saturated carbocycles. The van der Waals surface area contributed by atoms with Gasteiger partial charge in [0.1, 0.15) is 5.38 Å². The molecule has 2 aromatic carbocycles. The number of benzene rings is 2. The molecule has 0 heterocycles. The smallest absolute Gasteiger partial charge is 0.253 e. The molecule has 0 aromatic heterocycles. The van der Waals surface area contributed by atoms with Gasteiger partial charge in [-0.25, -0.2) is 0 Å². The second-order valence-electron chi connectivity index (χ2n) is 6.14. The fourth-order valence-corrected chi connectivity index (χ4v) is 2.70. The number of hydrogen-bond donors (Lipinski definition) is 2. The Hall–Kier alpha value is -2.53. The van der Waals surface area contributed by atoms with Crippen molar-refractivity contribution in [2.75, 3.05) is 30.9 Å². The van der Waals surface area contributed by atoms with E-state index in [2.05, 4.69) is 10.6 Å². The summed E-state index contributed by atoms with van der Waals surface area (Å²) >= 11 is 6.26. The van der Waals surface area contributed by atoms with Gasteiger partial charge in [0.25, 0.3) is 5.91 Å². The number of amides is 2. The van der Waals surface area contributed by atoms with Crippen molar-refractivity contribution >= 4 is 34.8 Å². The lowest BCUT2D eigenvalue weighted by molar-refractivity contribution is -0.116. The molecule has 0 bridgehead atoms. The third kappa shape index (κ3) is 4.99. The first kappa shape index (κ1) is 19.8. The third-order valence-electron chi connectivity index (χ3n) is 3.85. The predicted molar refractivity (Wildman–Crippen MR) is 107 cm³/mol. The Balaban J connectivity index is 2.21. The first-order chi connectivity index (χ1) is 12.4. The van der Waals surface area contributed by atoms with Crippen molar-refractivity contribution in [2.45, 2.75) is 18.7 Å². The van der Waals surface area contributed by atoms with Gasteiger partial charge < -0.3 is 15.5 Å². The van der Waals surface area contributed by atoms with Crippen molar-refractivity contribution in [3.8, 4) is 0 Å². The summed E-state index contributed by atoms with van der Waals surface area (Å²) < 4.78 is 0. The molecule has 2 aromatic rings. The standard InChI is InChI=1S/C20H24ClN3O2/c1-4-12-22-19(25)16-13-15(10-11-17(16)24(2)3)23-20(26)18(21)14-8-6-5-7-9-14/h5-11,13,18H,4,12H2,1-3H3,(H,22,25)(H,23,26)/t18-/m1/s1. The lowest BCUT2D eigenvalue weighted by Crippen LogP contribution is -2.26. The zero-order chi connectivity index (χ0) is 19.1. The van der Waals surface area contributed by atoms with E-state index < -0.39 is 5.38 Å². The van der Waals surface area contributed by atoms with E-state index in [1.165, 1.54) is 0 Å². The molecule has 0 aliphatic rings. The van der Waals surface area contributed by atoms with Crippen LogP contribution in [0.5, 0.6) is 0 Å². The molecule has 5 nitrogen and oxygen atoms in total. The van der Waals surface area contributed by atoms with Crippen molar-refractivity contribution < 1.29 is 9.59 Å². The number of carbonyl (C=O) groups excluding carboxylic acids is 2. The maximum absolute atomic E-state index is 12.4. The fourth-order valence-electron chi connectivity index (χ4n) is 2.50. The Kier molecular flexibility index (Phi) is 7.04. The van der Waals surface area contributed by atoms with Crippen LogP contribution in [0.1, 0.15) is 34.6 Å². The van der Waals surface area contributed by atoms with Gasteiger partial charge in [-0.05, 0) is 30.2 Å². The van der Waals surface area contributed by atoms with Crippen molar-refractivity contribution in [2.24, 2.45) is 0 Å². The minimum atomic E-state index is -0.804. The molecule has 0 fully saturated rings. The second kappa shape index (κ2) is 9.25. The summed E-state index contributed by atoms with van der Waals surface area (Å²) in [6.07, 6.45) is 0.852. The maximum Gasteiger partial charge on any atom is 0.253 e. The number of carbonyl (C=O) groups is 2. The van der Waals surface area contributed by atoms with E-state index in [1.807, 2.05) is 50.2 Å². The summed E-state index contributed by atoms with van der Waals surface area (Å²) in [5, 5.41) is 4.85. The van der Waals surface area contributed by atoms with E-state index in [-0.39, 0.29) is 11.8 Å². The number of rotatable bonds is 7. The van der Waals surface area contributed by atoms with Gasteiger partial charge in [0, 0.05) is 32.0 Å². The van der Waals surface area contributed by atoms with Gasteiger partial charge in [0.2, 0.25) is 5.91 Å². The Morgan fingerprint density at radius 2 is 1.81 bits per heavy atom. The molecule has 2 N–H and O–H groups in total. The Morgan fingerprint density at radius 1 is 1.12 bits per heavy atom. The zero-order valence-corrected chi connectivity index (χ0v) is 16.0. The number of anilines is 2. The molecule has 0 saturated heterocycles. The molecule has 6 heteroatoms. The maximum atomic E-state index is 12.4. The van der Waals surface area contributed by atoms with E-state index in [0.717, 1.165) is 17.7 Å². The molecule has 0 aliphatic heterocycles. The molecular weight excluding hydrogens is 350 g/mol. The van der Waals surface area contributed by atoms with Gasteiger partial charge in [0.15, 0.2) is 0 Å². The lowest BCUT2D eigenvalue weighted by Gasteiger charge is -2.19. The van der Waals surface area contributed by atoms with Crippen LogP contribution in [-0.4, -0.2) is 32.5 Å². The number of halogens is 1. The quantitative estimate of drug-likeness (QED) is 0.725. The van der Waals surface area contributed by atoms with Crippen LogP contribution in [0.25, 0.3) is 0 Å². The minimum Gasteiger partial charge on any atom is -0.377 e. The highest BCUT2D eigenvalue weighted by Gasteiger charge is 2.19. The molecule has 0 radical (unpaired) electrons. The van der Waals surface area contributed by atoms with Crippen molar-refractivity contribution in [3.05, 3.63) is 59.7 Å². The monoisotopic (exact) mass is 373 g/mol. The van der Waals surface area contributed by atoms with Crippen LogP contribution in [0.4, 0.5) is 11.4 Å². The topological polar surface area (TPSA) is 61.4 Å². The lowest BCUT2D eigenvalue weighted by atomic mass is 10.1. The first-order valence-electron chi connectivity index (χ1n) is 8.53. The number of alkyl halides is 1. The van der Waals surface area contributed by atoms with Crippen LogP contribution >= 0.6 is 11.6 Å². The van der Waals surface area contributed by atoms with Gasteiger partial charge in [-0.2, -0.15) is 0 Å². The van der Waals surface area contributed by atoms with Gasteiger partial charge >= 0.3 is 0 Å². The highest BCUT2D eigenvalue weighted by atomic mass is 35.5. The van der Waals surface area contributed by atoms with E-state index >= 15 is 0 Å². The fraction of sp³-hybridized carbons (Fsp3) is 0.300. The van der Waals surface area contributed by atoms with Gasteiger partial charge in [-0.15, -0.1) is 11.6 Å². The molecular formula is C20H24ClN3O2. The second-order valence-corrected chi connectivity index (χ2v) is 6.58. The van der Waals surface area contributed by atoms with Gasteiger partial charge in [-0.3, -0.25) is 9.59 Å². The van der Waals surface area contributed by atoms with Crippen molar-refractivity contribution in [1.82, 2.24) is 5.32 Å². The van der Waals surface area contributed by atoms with Crippen molar-refractivity contribution in [3.63, 3.8) is 0 Å². The summed E-state index contributed by atoms with van der Waals surface area (Å²) in [5.41, 5.74) is 2.54. The summed E-state index contributed by atoms with van der Waals surface area (Å²) in [5.74, 6) is -0.507. The molecule has 0 spiro atoms. The van der Waals surface area contributed by atoms with Crippen LogP contribution in [0.2, 0.25) is 0 Å². The van der Waals surface area contributed by atoms with Crippen LogP contribution in [0, 0.1) is 0 Å². The highest BCUT2D eigenvalue weighted by Crippen LogP contribution is 2.26. The van der Waals surface area contributed by atoms with Gasteiger partial charge in [0.05, 0.1) is 5.56 Å². The summed E-state index contributed by atoms with van der Waals surface area (Å²) in [6.45, 7) is 2.59.